The summed E-state index contributed by atoms with van der Waals surface area (Å²) in [6, 6.07) is 16.1. The summed E-state index contributed by atoms with van der Waals surface area (Å²) in [5.74, 6) is -0.238. The molecule has 2 aromatic rings. The van der Waals surface area contributed by atoms with Gasteiger partial charge in [-0.05, 0) is 23.3 Å². The Hall–Kier alpha value is -2.69. The SMILES string of the molecule is CCC(=O)N(Cc1ccc(F)cc1)CC1CC(c2ccccc2)=NO1. The van der Waals surface area contributed by atoms with E-state index in [1.165, 1.54) is 12.1 Å². The summed E-state index contributed by atoms with van der Waals surface area (Å²) in [6.07, 6.45) is 0.924. The molecule has 0 saturated heterocycles. The molecule has 1 aliphatic heterocycles. The number of rotatable bonds is 6. The maximum Gasteiger partial charge on any atom is 0.222 e. The zero-order valence-corrected chi connectivity index (χ0v) is 14.2. The topological polar surface area (TPSA) is 41.9 Å². The van der Waals surface area contributed by atoms with E-state index in [0.29, 0.717) is 25.9 Å². The predicted molar refractivity (Wildman–Crippen MR) is 94.6 cm³/mol. The average molecular weight is 340 g/mol. The van der Waals surface area contributed by atoms with E-state index in [2.05, 4.69) is 5.16 Å². The minimum Gasteiger partial charge on any atom is -0.390 e. The van der Waals surface area contributed by atoms with Crippen molar-refractivity contribution >= 4 is 11.6 Å². The molecule has 0 saturated carbocycles. The molecule has 1 atom stereocenters. The van der Waals surface area contributed by atoms with Gasteiger partial charge in [0, 0.05) is 19.4 Å². The number of carbonyl (C=O) groups is 1. The molecular weight excluding hydrogens is 319 g/mol. The number of hydrogen-bond donors (Lipinski definition) is 0. The maximum absolute atomic E-state index is 13.1. The Morgan fingerprint density at radius 2 is 1.92 bits per heavy atom. The van der Waals surface area contributed by atoms with Crippen LogP contribution in [0, 0.1) is 5.82 Å². The molecule has 5 heteroatoms. The molecule has 0 aliphatic carbocycles. The minimum atomic E-state index is -0.280. The van der Waals surface area contributed by atoms with Crippen molar-refractivity contribution < 1.29 is 14.0 Å². The fourth-order valence-electron chi connectivity index (χ4n) is 2.86. The van der Waals surface area contributed by atoms with Gasteiger partial charge in [-0.1, -0.05) is 54.5 Å². The van der Waals surface area contributed by atoms with Gasteiger partial charge in [-0.3, -0.25) is 4.79 Å². The van der Waals surface area contributed by atoms with E-state index in [1.54, 1.807) is 17.0 Å². The van der Waals surface area contributed by atoms with Gasteiger partial charge in [0.25, 0.3) is 0 Å². The summed E-state index contributed by atoms with van der Waals surface area (Å²) < 4.78 is 13.1. The van der Waals surface area contributed by atoms with Crippen LogP contribution in [0.3, 0.4) is 0 Å². The lowest BCUT2D eigenvalue weighted by molar-refractivity contribution is -0.133. The third-order valence-corrected chi connectivity index (χ3v) is 4.21. The van der Waals surface area contributed by atoms with Gasteiger partial charge in [-0.25, -0.2) is 4.39 Å². The fourth-order valence-corrected chi connectivity index (χ4v) is 2.86. The van der Waals surface area contributed by atoms with Crippen molar-refractivity contribution in [2.24, 2.45) is 5.16 Å². The Balaban J connectivity index is 1.63. The Labute approximate surface area is 146 Å². The molecule has 1 amide bonds. The van der Waals surface area contributed by atoms with Crippen LogP contribution in [0.2, 0.25) is 0 Å². The van der Waals surface area contributed by atoms with Gasteiger partial charge >= 0.3 is 0 Å². The van der Waals surface area contributed by atoms with Gasteiger partial charge in [-0.15, -0.1) is 0 Å². The second-order valence-corrected chi connectivity index (χ2v) is 6.09. The van der Waals surface area contributed by atoms with Crippen LogP contribution in [0.25, 0.3) is 0 Å². The third-order valence-electron chi connectivity index (χ3n) is 4.21. The fraction of sp³-hybridized carbons (Fsp3) is 0.300. The first-order chi connectivity index (χ1) is 12.2. The van der Waals surface area contributed by atoms with Crippen LogP contribution in [0.4, 0.5) is 4.39 Å². The summed E-state index contributed by atoms with van der Waals surface area (Å²) in [5.41, 5.74) is 2.83. The van der Waals surface area contributed by atoms with Crippen molar-refractivity contribution in [1.82, 2.24) is 4.90 Å². The molecule has 4 nitrogen and oxygen atoms in total. The number of hydrogen-bond acceptors (Lipinski definition) is 3. The second-order valence-electron chi connectivity index (χ2n) is 6.09. The van der Waals surface area contributed by atoms with Crippen LogP contribution in [0.5, 0.6) is 0 Å². The lowest BCUT2D eigenvalue weighted by Gasteiger charge is -2.24. The van der Waals surface area contributed by atoms with Gasteiger partial charge in [0.2, 0.25) is 5.91 Å². The molecule has 0 N–H and O–H groups in total. The maximum atomic E-state index is 13.1. The lowest BCUT2D eigenvalue weighted by Crippen LogP contribution is -2.36. The molecule has 0 radical (unpaired) electrons. The third kappa shape index (κ3) is 4.44. The lowest BCUT2D eigenvalue weighted by atomic mass is 10.0. The molecule has 0 fully saturated rings. The first kappa shape index (κ1) is 17.1. The van der Waals surface area contributed by atoms with Crippen LogP contribution in [0.1, 0.15) is 30.9 Å². The van der Waals surface area contributed by atoms with Crippen LogP contribution >= 0.6 is 0 Å². The quantitative estimate of drug-likeness (QED) is 0.803. The van der Waals surface area contributed by atoms with Crippen molar-refractivity contribution in [1.29, 1.82) is 0 Å². The van der Waals surface area contributed by atoms with Gasteiger partial charge in [0.1, 0.15) is 5.82 Å². The van der Waals surface area contributed by atoms with Gasteiger partial charge < -0.3 is 9.74 Å². The van der Waals surface area contributed by atoms with Crippen LogP contribution in [0.15, 0.2) is 59.8 Å². The number of halogens is 1. The number of nitrogens with zero attached hydrogens (tertiary/aromatic N) is 2. The van der Waals surface area contributed by atoms with Gasteiger partial charge in [-0.2, -0.15) is 0 Å². The molecule has 0 aromatic heterocycles. The second kappa shape index (κ2) is 7.92. The van der Waals surface area contributed by atoms with E-state index >= 15 is 0 Å². The number of carbonyl (C=O) groups excluding carboxylic acids is 1. The monoisotopic (exact) mass is 340 g/mol. The normalized spacial score (nSPS) is 16.2. The Morgan fingerprint density at radius 3 is 2.60 bits per heavy atom. The van der Waals surface area contributed by atoms with Crippen molar-refractivity contribution in [3.8, 4) is 0 Å². The van der Waals surface area contributed by atoms with Crippen LogP contribution < -0.4 is 0 Å². The number of oxime groups is 1. The van der Waals surface area contributed by atoms with Gasteiger partial charge in [0.05, 0.1) is 12.3 Å². The zero-order valence-electron chi connectivity index (χ0n) is 14.2. The number of amides is 1. The highest BCUT2D eigenvalue weighted by Gasteiger charge is 2.26. The smallest absolute Gasteiger partial charge is 0.222 e. The Bertz CT molecular complexity index is 744. The standard InChI is InChI=1S/C20H21FN2O2/c1-2-20(24)23(13-15-8-10-17(21)11-9-15)14-18-12-19(22-25-18)16-6-4-3-5-7-16/h3-11,18H,2,12-14H2,1H3. The van der Waals surface area contributed by atoms with E-state index in [-0.39, 0.29) is 17.8 Å². The predicted octanol–water partition coefficient (Wildman–Crippen LogP) is 3.76. The first-order valence-electron chi connectivity index (χ1n) is 8.46. The first-order valence-corrected chi connectivity index (χ1v) is 8.46. The molecule has 3 rings (SSSR count). The summed E-state index contributed by atoms with van der Waals surface area (Å²) in [6.45, 7) is 2.73. The average Bonchev–Trinajstić information content (AvgIpc) is 3.11. The van der Waals surface area contributed by atoms with E-state index in [9.17, 15) is 9.18 Å². The molecule has 1 aliphatic rings. The summed E-state index contributed by atoms with van der Waals surface area (Å²) >= 11 is 0. The molecule has 25 heavy (non-hydrogen) atoms. The largest absolute Gasteiger partial charge is 0.390 e. The molecular formula is C20H21FN2O2. The van der Waals surface area contributed by atoms with Crippen molar-refractivity contribution in [2.75, 3.05) is 6.54 Å². The van der Waals surface area contributed by atoms with Crippen molar-refractivity contribution in [3.05, 3.63) is 71.5 Å². The molecule has 0 spiro atoms. The molecule has 1 heterocycles. The highest BCUT2D eigenvalue weighted by molar-refractivity contribution is 6.01. The van der Waals surface area contributed by atoms with Gasteiger partial charge in [0.15, 0.2) is 6.10 Å². The molecule has 0 bridgehead atoms. The van der Waals surface area contributed by atoms with E-state index in [4.69, 9.17) is 4.84 Å². The van der Waals surface area contributed by atoms with Crippen molar-refractivity contribution in [3.63, 3.8) is 0 Å². The molecule has 2 aromatic carbocycles. The van der Waals surface area contributed by atoms with E-state index < -0.39 is 0 Å². The summed E-state index contributed by atoms with van der Waals surface area (Å²) in [5, 5.41) is 4.17. The summed E-state index contributed by atoms with van der Waals surface area (Å²) in [4.78, 5) is 19.6. The number of benzene rings is 2. The molecule has 130 valence electrons. The highest BCUT2D eigenvalue weighted by Crippen LogP contribution is 2.19. The van der Waals surface area contributed by atoms with Crippen LogP contribution in [-0.4, -0.2) is 29.2 Å². The Morgan fingerprint density at radius 1 is 1.20 bits per heavy atom. The minimum absolute atomic E-state index is 0.0427. The molecule has 1 unspecified atom stereocenters. The van der Waals surface area contributed by atoms with E-state index in [0.717, 1.165) is 16.8 Å². The van der Waals surface area contributed by atoms with Crippen molar-refractivity contribution in [2.45, 2.75) is 32.4 Å². The Kier molecular flexibility index (Phi) is 5.43. The van der Waals surface area contributed by atoms with E-state index in [1.807, 2.05) is 37.3 Å². The highest BCUT2D eigenvalue weighted by atomic mass is 19.1. The van der Waals surface area contributed by atoms with Crippen LogP contribution in [-0.2, 0) is 16.2 Å². The summed E-state index contributed by atoms with van der Waals surface area (Å²) in [7, 11) is 0. The zero-order chi connectivity index (χ0) is 17.6.